The van der Waals surface area contributed by atoms with Crippen molar-refractivity contribution in [3.63, 3.8) is 0 Å². The summed E-state index contributed by atoms with van der Waals surface area (Å²) in [6.07, 6.45) is 0. The van der Waals surface area contributed by atoms with Crippen LogP contribution < -0.4 is 5.32 Å². The molecule has 4 nitrogen and oxygen atoms in total. The van der Waals surface area contributed by atoms with Crippen LogP contribution in [0.25, 0.3) is 0 Å². The standard InChI is InChI=1S/C17H15Cl2NO3S/c1-23-17(22)11-5-2-3-8-15(11)20-16(21)10-24-9-12-13(18)6-4-7-14(12)19/h2-8H,9-10H2,1H3,(H,20,21). The molecule has 0 aromatic heterocycles. The molecule has 0 bridgehead atoms. The number of ether oxygens (including phenoxy) is 1. The number of hydrogen-bond acceptors (Lipinski definition) is 4. The van der Waals surface area contributed by atoms with E-state index in [-0.39, 0.29) is 11.7 Å². The van der Waals surface area contributed by atoms with E-state index in [4.69, 9.17) is 27.9 Å². The van der Waals surface area contributed by atoms with E-state index in [2.05, 4.69) is 5.32 Å². The fraction of sp³-hybridized carbons (Fsp3) is 0.176. The summed E-state index contributed by atoms with van der Waals surface area (Å²) in [7, 11) is 1.30. The summed E-state index contributed by atoms with van der Waals surface area (Å²) in [5.41, 5.74) is 1.53. The van der Waals surface area contributed by atoms with E-state index < -0.39 is 5.97 Å². The first-order valence-electron chi connectivity index (χ1n) is 7.00. The van der Waals surface area contributed by atoms with Gasteiger partial charge in [0.25, 0.3) is 0 Å². The van der Waals surface area contributed by atoms with Crippen LogP contribution in [0.15, 0.2) is 42.5 Å². The molecule has 0 aliphatic heterocycles. The number of amides is 1. The minimum absolute atomic E-state index is 0.205. The Kier molecular flexibility index (Phi) is 6.97. The first-order chi connectivity index (χ1) is 11.5. The molecule has 1 amide bonds. The highest BCUT2D eigenvalue weighted by atomic mass is 35.5. The molecule has 0 aliphatic rings. The first-order valence-corrected chi connectivity index (χ1v) is 8.92. The van der Waals surface area contributed by atoms with Gasteiger partial charge in [-0.25, -0.2) is 4.79 Å². The molecule has 0 heterocycles. The van der Waals surface area contributed by atoms with Crippen molar-refractivity contribution < 1.29 is 14.3 Å². The number of nitrogens with one attached hydrogen (secondary N) is 1. The van der Waals surface area contributed by atoms with Crippen LogP contribution in [0.3, 0.4) is 0 Å². The largest absolute Gasteiger partial charge is 0.465 e. The van der Waals surface area contributed by atoms with Crippen LogP contribution in [0, 0.1) is 0 Å². The maximum atomic E-state index is 12.1. The molecule has 24 heavy (non-hydrogen) atoms. The summed E-state index contributed by atoms with van der Waals surface area (Å²) in [6, 6.07) is 12.0. The molecule has 1 N–H and O–H groups in total. The molecule has 2 aromatic rings. The van der Waals surface area contributed by atoms with Gasteiger partial charge in [0, 0.05) is 15.8 Å². The van der Waals surface area contributed by atoms with E-state index in [1.807, 2.05) is 0 Å². The van der Waals surface area contributed by atoms with Crippen molar-refractivity contribution in [2.75, 3.05) is 18.2 Å². The second-order valence-electron chi connectivity index (χ2n) is 4.78. The number of rotatable bonds is 6. The van der Waals surface area contributed by atoms with Gasteiger partial charge in [0.1, 0.15) is 0 Å². The number of carbonyl (C=O) groups is 2. The van der Waals surface area contributed by atoms with Gasteiger partial charge in [-0.05, 0) is 29.8 Å². The molecule has 0 radical (unpaired) electrons. The molecule has 0 saturated carbocycles. The molecule has 126 valence electrons. The van der Waals surface area contributed by atoms with E-state index in [9.17, 15) is 9.59 Å². The lowest BCUT2D eigenvalue weighted by atomic mass is 10.2. The van der Waals surface area contributed by atoms with Gasteiger partial charge < -0.3 is 10.1 Å². The van der Waals surface area contributed by atoms with Crippen molar-refractivity contribution in [2.24, 2.45) is 0 Å². The monoisotopic (exact) mass is 383 g/mol. The SMILES string of the molecule is COC(=O)c1ccccc1NC(=O)CSCc1c(Cl)cccc1Cl. The highest BCUT2D eigenvalue weighted by Gasteiger charge is 2.13. The maximum Gasteiger partial charge on any atom is 0.339 e. The minimum Gasteiger partial charge on any atom is -0.465 e. The summed E-state index contributed by atoms with van der Waals surface area (Å²) in [6.45, 7) is 0. The number of benzene rings is 2. The van der Waals surface area contributed by atoms with Crippen LogP contribution in [-0.2, 0) is 15.3 Å². The van der Waals surface area contributed by atoms with Crippen molar-refractivity contribution in [1.82, 2.24) is 0 Å². The Morgan fingerprint density at radius 2 is 1.75 bits per heavy atom. The lowest BCUT2D eigenvalue weighted by Crippen LogP contribution is -2.17. The molecule has 0 unspecified atom stereocenters. The Morgan fingerprint density at radius 3 is 2.42 bits per heavy atom. The number of halogens is 2. The maximum absolute atomic E-state index is 12.1. The van der Waals surface area contributed by atoms with E-state index in [0.29, 0.717) is 27.0 Å². The third-order valence-electron chi connectivity index (χ3n) is 3.15. The third-order valence-corrected chi connectivity index (χ3v) is 4.82. The number of anilines is 1. The molecule has 0 fully saturated rings. The zero-order chi connectivity index (χ0) is 17.5. The summed E-state index contributed by atoms with van der Waals surface area (Å²) >= 11 is 13.6. The van der Waals surface area contributed by atoms with Crippen LogP contribution in [-0.4, -0.2) is 24.7 Å². The zero-order valence-corrected chi connectivity index (χ0v) is 15.2. The van der Waals surface area contributed by atoms with E-state index in [1.165, 1.54) is 18.9 Å². The fourth-order valence-corrected chi connectivity index (χ4v) is 3.55. The van der Waals surface area contributed by atoms with Crippen molar-refractivity contribution in [3.05, 3.63) is 63.6 Å². The van der Waals surface area contributed by atoms with Gasteiger partial charge in [0.05, 0.1) is 24.1 Å². The van der Waals surface area contributed by atoms with E-state index >= 15 is 0 Å². The average Bonchev–Trinajstić information content (AvgIpc) is 2.57. The second kappa shape index (κ2) is 8.97. The van der Waals surface area contributed by atoms with E-state index in [0.717, 1.165) is 5.56 Å². The number of para-hydroxylation sites is 1. The van der Waals surface area contributed by atoms with Gasteiger partial charge in [-0.3, -0.25) is 4.79 Å². The third kappa shape index (κ3) is 4.90. The number of methoxy groups -OCH3 is 1. The predicted octanol–water partition coefficient (Wildman–Crippen LogP) is 4.65. The smallest absolute Gasteiger partial charge is 0.339 e. The topological polar surface area (TPSA) is 55.4 Å². The molecule has 7 heteroatoms. The van der Waals surface area contributed by atoms with Gasteiger partial charge in [0.15, 0.2) is 0 Å². The molecule has 2 rings (SSSR count). The molecular weight excluding hydrogens is 369 g/mol. The van der Waals surface area contributed by atoms with Gasteiger partial charge >= 0.3 is 5.97 Å². The number of esters is 1. The Hall–Kier alpha value is -1.69. The van der Waals surface area contributed by atoms with Crippen LogP contribution in [0.2, 0.25) is 10.0 Å². The van der Waals surface area contributed by atoms with Crippen LogP contribution in [0.1, 0.15) is 15.9 Å². The summed E-state index contributed by atoms with van der Waals surface area (Å²) in [5.74, 6) is 0.00248. The summed E-state index contributed by atoms with van der Waals surface area (Å²) < 4.78 is 4.70. The zero-order valence-electron chi connectivity index (χ0n) is 12.8. The second-order valence-corrected chi connectivity index (χ2v) is 6.58. The predicted molar refractivity (Wildman–Crippen MR) is 99.0 cm³/mol. The summed E-state index contributed by atoms with van der Waals surface area (Å²) in [5, 5.41) is 3.87. The molecule has 0 atom stereocenters. The first kappa shape index (κ1) is 18.6. The van der Waals surface area contributed by atoms with Gasteiger partial charge in [-0.2, -0.15) is 0 Å². The van der Waals surface area contributed by atoms with Crippen molar-refractivity contribution in [2.45, 2.75) is 5.75 Å². The van der Waals surface area contributed by atoms with Gasteiger partial charge in [-0.1, -0.05) is 41.4 Å². The van der Waals surface area contributed by atoms with Gasteiger partial charge in [0.2, 0.25) is 5.91 Å². The van der Waals surface area contributed by atoms with Gasteiger partial charge in [-0.15, -0.1) is 11.8 Å². The molecular formula is C17H15Cl2NO3S. The summed E-state index contributed by atoms with van der Waals surface area (Å²) in [4.78, 5) is 23.8. The highest BCUT2D eigenvalue weighted by Crippen LogP contribution is 2.28. The highest BCUT2D eigenvalue weighted by molar-refractivity contribution is 7.99. The lowest BCUT2D eigenvalue weighted by Gasteiger charge is -2.10. The quantitative estimate of drug-likeness (QED) is 0.737. The van der Waals surface area contributed by atoms with Crippen molar-refractivity contribution >= 4 is 52.5 Å². The van der Waals surface area contributed by atoms with Crippen LogP contribution >= 0.6 is 35.0 Å². The Morgan fingerprint density at radius 1 is 1.08 bits per heavy atom. The Balaban J connectivity index is 1.94. The van der Waals surface area contributed by atoms with Crippen LogP contribution in [0.5, 0.6) is 0 Å². The Labute approximate surface area is 154 Å². The number of hydrogen-bond donors (Lipinski definition) is 1. The normalized spacial score (nSPS) is 10.3. The molecule has 0 aliphatic carbocycles. The molecule has 2 aromatic carbocycles. The Bertz CT molecular complexity index is 732. The number of thioether (sulfide) groups is 1. The van der Waals surface area contributed by atoms with E-state index in [1.54, 1.807) is 42.5 Å². The minimum atomic E-state index is -0.499. The molecule has 0 saturated heterocycles. The average molecular weight is 384 g/mol. The number of carbonyl (C=O) groups excluding carboxylic acids is 2. The van der Waals surface area contributed by atoms with Crippen molar-refractivity contribution in [1.29, 1.82) is 0 Å². The molecule has 0 spiro atoms. The van der Waals surface area contributed by atoms with Crippen LogP contribution in [0.4, 0.5) is 5.69 Å². The lowest BCUT2D eigenvalue weighted by molar-refractivity contribution is -0.113. The fourth-order valence-electron chi connectivity index (χ4n) is 1.98. The van der Waals surface area contributed by atoms with Crippen molar-refractivity contribution in [3.8, 4) is 0 Å².